The van der Waals surface area contributed by atoms with Gasteiger partial charge >= 0.3 is 20.0 Å². The Kier molecular flexibility index (Phi) is 9.92. The second-order valence-corrected chi connectivity index (χ2v) is 10.5. The maximum Gasteiger partial charge on any atom is 0.490 e. The molecule has 0 spiro atoms. The number of carboxylic acid groups (broad SMARTS) is 1. The number of carboxylic acids is 1. The van der Waals surface area contributed by atoms with E-state index in [9.17, 15) is 27.9 Å². The van der Waals surface area contributed by atoms with Crippen LogP contribution in [0.4, 0.5) is 19.0 Å². The minimum atomic E-state index is -5.08. The van der Waals surface area contributed by atoms with Crippen LogP contribution in [0.2, 0.25) is 5.28 Å². The molecule has 0 aromatic carbocycles. The van der Waals surface area contributed by atoms with Crippen molar-refractivity contribution in [3.63, 3.8) is 0 Å². The fraction of sp³-hybridized carbons (Fsp3) is 0.684. The standard InChI is InChI=1S/C17H25ClN5O7P.C2HF3O2/c1-27-31(26,28-2)29-7-10-12(24)13(25)16(30-10)23-8-19-11-14(20-9-5-3-4-6-9)21-17(18)22-15(11)23;3-2(4,5)1(6)7/h8-10,12-13,16,24-25H,3-7H2,1-2H3,(H,20,21,22);(H,6,7)/t10-,12-,13-,16-;/m1./s1. The molecule has 2 aromatic heterocycles. The van der Waals surface area contributed by atoms with Gasteiger partial charge in [-0.1, -0.05) is 12.8 Å². The summed E-state index contributed by atoms with van der Waals surface area (Å²) in [4.78, 5) is 21.8. The normalized spacial score (nSPS) is 24.4. The molecule has 1 aliphatic carbocycles. The van der Waals surface area contributed by atoms with Crippen molar-refractivity contribution >= 4 is 42.4 Å². The van der Waals surface area contributed by atoms with E-state index in [4.69, 9.17) is 39.8 Å². The van der Waals surface area contributed by atoms with Gasteiger partial charge in [-0.25, -0.2) is 14.3 Å². The smallest absolute Gasteiger partial charge is 0.475 e. The van der Waals surface area contributed by atoms with Gasteiger partial charge in [0.2, 0.25) is 5.28 Å². The highest BCUT2D eigenvalue weighted by Gasteiger charge is 2.45. The highest BCUT2D eigenvalue weighted by Crippen LogP contribution is 2.48. The number of hydrogen-bond acceptors (Lipinski definition) is 12. The Morgan fingerprint density at radius 3 is 2.39 bits per heavy atom. The lowest BCUT2D eigenvalue weighted by molar-refractivity contribution is -0.192. The number of rotatable bonds is 8. The number of anilines is 1. The molecule has 38 heavy (non-hydrogen) atoms. The van der Waals surface area contributed by atoms with Gasteiger partial charge in [0.05, 0.1) is 12.9 Å². The van der Waals surface area contributed by atoms with Crippen LogP contribution in [0.1, 0.15) is 31.9 Å². The van der Waals surface area contributed by atoms with Crippen LogP contribution in [0.15, 0.2) is 6.33 Å². The summed E-state index contributed by atoms with van der Waals surface area (Å²) in [5.74, 6) is -2.25. The predicted octanol–water partition coefficient (Wildman–Crippen LogP) is 2.50. The number of ether oxygens (including phenoxy) is 1. The fourth-order valence-electron chi connectivity index (χ4n) is 3.88. The quantitative estimate of drug-likeness (QED) is 0.259. The zero-order valence-electron chi connectivity index (χ0n) is 20.0. The number of aliphatic hydroxyl groups is 2. The van der Waals surface area contributed by atoms with Gasteiger partial charge in [-0.2, -0.15) is 23.1 Å². The monoisotopic (exact) mass is 591 g/mol. The maximum absolute atomic E-state index is 12.1. The number of imidazole rings is 1. The molecule has 3 heterocycles. The third-order valence-electron chi connectivity index (χ3n) is 5.79. The number of hydrogen-bond donors (Lipinski definition) is 4. The third-order valence-corrected chi connectivity index (χ3v) is 7.32. The average Bonchev–Trinajstić information content (AvgIpc) is 3.58. The van der Waals surface area contributed by atoms with Gasteiger partial charge in [0.25, 0.3) is 0 Å². The average molecular weight is 592 g/mol. The number of fused-ring (bicyclic) bond motifs is 1. The lowest BCUT2D eigenvalue weighted by Gasteiger charge is -2.18. The molecule has 4 rings (SSSR count). The minimum Gasteiger partial charge on any atom is -0.475 e. The first-order valence-corrected chi connectivity index (χ1v) is 13.0. The van der Waals surface area contributed by atoms with Crippen LogP contribution in [0, 0.1) is 0 Å². The van der Waals surface area contributed by atoms with Gasteiger partial charge in [0.15, 0.2) is 23.2 Å². The molecule has 1 saturated heterocycles. The van der Waals surface area contributed by atoms with Crippen molar-refractivity contribution in [1.29, 1.82) is 0 Å². The Morgan fingerprint density at radius 1 is 1.24 bits per heavy atom. The van der Waals surface area contributed by atoms with E-state index in [1.807, 2.05) is 0 Å². The van der Waals surface area contributed by atoms with E-state index in [1.54, 1.807) is 0 Å². The molecule has 214 valence electrons. The number of carbonyl (C=O) groups is 1. The predicted molar refractivity (Wildman–Crippen MR) is 123 cm³/mol. The van der Waals surface area contributed by atoms with E-state index in [1.165, 1.54) is 25.1 Å². The molecule has 2 fully saturated rings. The number of phosphoric acid groups is 1. The molecule has 2 aromatic rings. The largest absolute Gasteiger partial charge is 0.490 e. The summed E-state index contributed by atoms with van der Waals surface area (Å²) in [6.07, 6.45) is -3.94. The zero-order chi connectivity index (χ0) is 28.3. The van der Waals surface area contributed by atoms with Crippen molar-refractivity contribution in [3.8, 4) is 0 Å². The first-order valence-electron chi connectivity index (χ1n) is 11.1. The van der Waals surface area contributed by atoms with Crippen LogP contribution in [-0.4, -0.2) is 92.2 Å². The van der Waals surface area contributed by atoms with Gasteiger partial charge in [-0.3, -0.25) is 18.1 Å². The SMILES string of the molecule is COP(=O)(OC)OC[C@H]1O[C@@H](n2cnc3c(NC4CCCC4)nc(Cl)nc32)[C@H](O)[C@@H]1O.O=C(O)C(F)(F)F. The molecule has 1 saturated carbocycles. The van der Waals surface area contributed by atoms with Crippen LogP contribution >= 0.6 is 19.4 Å². The highest BCUT2D eigenvalue weighted by molar-refractivity contribution is 7.48. The molecule has 4 atom stereocenters. The maximum atomic E-state index is 12.1. The molecule has 19 heteroatoms. The molecule has 0 radical (unpaired) electrons. The topological polar surface area (TPSA) is 187 Å². The lowest BCUT2D eigenvalue weighted by Crippen LogP contribution is -2.33. The Bertz CT molecular complexity index is 1160. The second kappa shape index (κ2) is 12.4. The van der Waals surface area contributed by atoms with Crippen LogP contribution in [-0.2, 0) is 27.7 Å². The summed E-state index contributed by atoms with van der Waals surface area (Å²) < 4.78 is 65.6. The molecule has 0 amide bonds. The van der Waals surface area contributed by atoms with E-state index in [2.05, 4.69) is 20.3 Å². The van der Waals surface area contributed by atoms with Crippen molar-refractivity contribution in [2.75, 3.05) is 26.1 Å². The Labute approximate surface area is 218 Å². The molecule has 14 nitrogen and oxygen atoms in total. The summed E-state index contributed by atoms with van der Waals surface area (Å²) in [7, 11) is -1.42. The van der Waals surface area contributed by atoms with Gasteiger partial charge in [0, 0.05) is 20.3 Å². The van der Waals surface area contributed by atoms with Crippen molar-refractivity contribution in [2.24, 2.45) is 0 Å². The third kappa shape index (κ3) is 7.09. The summed E-state index contributed by atoms with van der Waals surface area (Å²) in [5.41, 5.74) is 0.822. The van der Waals surface area contributed by atoms with E-state index in [0.29, 0.717) is 17.0 Å². The number of nitrogens with zero attached hydrogens (tertiary/aromatic N) is 4. The molecular weight excluding hydrogens is 566 g/mol. The molecule has 4 N–H and O–H groups in total. The Hall–Kier alpha value is -2.11. The summed E-state index contributed by atoms with van der Waals surface area (Å²) in [6, 6.07) is 0.285. The first kappa shape index (κ1) is 30.4. The van der Waals surface area contributed by atoms with Crippen LogP contribution in [0.5, 0.6) is 0 Å². The number of halogens is 4. The lowest BCUT2D eigenvalue weighted by atomic mass is 10.1. The van der Waals surface area contributed by atoms with Gasteiger partial charge < -0.3 is 25.4 Å². The molecule has 1 aliphatic heterocycles. The minimum absolute atomic E-state index is 0.0174. The highest BCUT2D eigenvalue weighted by atomic mass is 35.5. The van der Waals surface area contributed by atoms with Crippen LogP contribution < -0.4 is 5.32 Å². The van der Waals surface area contributed by atoms with E-state index >= 15 is 0 Å². The van der Waals surface area contributed by atoms with E-state index in [-0.39, 0.29) is 17.9 Å². The second-order valence-electron chi connectivity index (χ2n) is 8.25. The van der Waals surface area contributed by atoms with Gasteiger partial charge in [0.1, 0.15) is 18.3 Å². The Balaban J connectivity index is 0.000000505. The summed E-state index contributed by atoms with van der Waals surface area (Å²) in [6.45, 7) is -0.329. The van der Waals surface area contributed by atoms with Crippen molar-refractivity contribution < 1.29 is 56.2 Å². The van der Waals surface area contributed by atoms with E-state index < -0.39 is 44.5 Å². The van der Waals surface area contributed by atoms with E-state index in [0.717, 1.165) is 25.7 Å². The summed E-state index contributed by atoms with van der Waals surface area (Å²) in [5, 5.41) is 31.5. The molecule has 2 aliphatic rings. The van der Waals surface area contributed by atoms with Gasteiger partial charge in [-0.15, -0.1) is 0 Å². The number of phosphoric ester groups is 1. The molecule has 0 unspecified atom stereocenters. The molecule has 0 bridgehead atoms. The van der Waals surface area contributed by atoms with Crippen molar-refractivity contribution in [1.82, 2.24) is 19.5 Å². The number of alkyl halides is 3. The first-order chi connectivity index (χ1) is 17.8. The summed E-state index contributed by atoms with van der Waals surface area (Å²) >= 11 is 6.14. The van der Waals surface area contributed by atoms with Crippen LogP contribution in [0.3, 0.4) is 0 Å². The number of nitrogens with one attached hydrogen (secondary N) is 1. The fourth-order valence-corrected chi connectivity index (χ4v) is 4.74. The van der Waals surface area contributed by atoms with Crippen LogP contribution in [0.25, 0.3) is 11.2 Å². The number of aliphatic hydroxyl groups excluding tert-OH is 2. The zero-order valence-corrected chi connectivity index (χ0v) is 21.7. The van der Waals surface area contributed by atoms with Crippen molar-refractivity contribution in [3.05, 3.63) is 11.6 Å². The number of aromatic nitrogens is 4. The van der Waals surface area contributed by atoms with Crippen molar-refractivity contribution in [2.45, 2.75) is 62.4 Å². The van der Waals surface area contributed by atoms with Gasteiger partial charge in [-0.05, 0) is 24.4 Å². The number of aliphatic carboxylic acids is 1. The Morgan fingerprint density at radius 2 is 1.84 bits per heavy atom. The molecular formula is C19H26ClF3N5O9P.